The topological polar surface area (TPSA) is 62.7 Å². The van der Waals surface area contributed by atoms with E-state index in [0.29, 0.717) is 17.0 Å². The number of rotatable bonds is 3. The summed E-state index contributed by atoms with van der Waals surface area (Å²) in [5.41, 5.74) is -2.90. The molecule has 1 aromatic heterocycles. The number of carbonyl (C=O) groups excluding carboxylic acids is 1. The number of alkyl halides is 3. The zero-order valence-electron chi connectivity index (χ0n) is 13.1. The third-order valence-electron chi connectivity index (χ3n) is 3.62. The lowest BCUT2D eigenvalue weighted by molar-refractivity contribution is -0.268. The SMILES string of the molecule is Cc1csc(C(O)(CC(=O)N2CC(C)OC(C)C2)C(F)(F)F)n1. The van der Waals surface area contributed by atoms with Crippen molar-refractivity contribution < 1.29 is 27.8 Å². The lowest BCUT2D eigenvalue weighted by atomic mass is 9.98. The van der Waals surface area contributed by atoms with Crippen molar-refractivity contribution in [3.8, 4) is 0 Å². The summed E-state index contributed by atoms with van der Waals surface area (Å²) in [5, 5.41) is 11.1. The van der Waals surface area contributed by atoms with E-state index in [1.807, 2.05) is 0 Å². The molecular weight excluding hydrogens is 333 g/mol. The number of carbonyl (C=O) groups is 1. The van der Waals surface area contributed by atoms with Crippen LogP contribution >= 0.6 is 11.3 Å². The summed E-state index contributed by atoms with van der Waals surface area (Å²) < 4.78 is 45.7. The average molecular weight is 352 g/mol. The Bertz CT molecular complexity index is 568. The first kappa shape index (κ1) is 18.2. The highest BCUT2D eigenvalue weighted by molar-refractivity contribution is 7.09. The molecule has 1 saturated heterocycles. The largest absolute Gasteiger partial charge is 0.424 e. The Morgan fingerprint density at radius 2 is 2.00 bits per heavy atom. The molecule has 2 rings (SSSR count). The molecular formula is C14H19F3N2O3S. The zero-order chi connectivity index (χ0) is 17.4. The number of amides is 1. The standard InChI is InChI=1S/C14H19F3N2O3S/c1-8-7-23-12(18-8)13(21,14(15,16)17)4-11(20)19-5-9(2)22-10(3)6-19/h7,9-10,21H,4-6H2,1-3H3. The van der Waals surface area contributed by atoms with Crippen LogP contribution in [-0.4, -0.2) is 52.4 Å². The summed E-state index contributed by atoms with van der Waals surface area (Å²) in [6, 6.07) is 0. The summed E-state index contributed by atoms with van der Waals surface area (Å²) in [5.74, 6) is -0.764. The third kappa shape index (κ3) is 3.84. The highest BCUT2D eigenvalue weighted by atomic mass is 32.1. The second kappa shape index (κ2) is 6.37. The maximum absolute atomic E-state index is 13.4. The summed E-state index contributed by atoms with van der Waals surface area (Å²) in [7, 11) is 0. The highest BCUT2D eigenvalue weighted by Gasteiger charge is 2.58. The Labute approximate surface area is 136 Å². The Morgan fingerprint density at radius 3 is 2.43 bits per heavy atom. The van der Waals surface area contributed by atoms with Gasteiger partial charge in [-0.25, -0.2) is 4.98 Å². The van der Waals surface area contributed by atoms with Crippen LogP contribution in [0.25, 0.3) is 0 Å². The minimum atomic E-state index is -4.99. The fourth-order valence-corrected chi connectivity index (χ4v) is 3.47. The summed E-state index contributed by atoms with van der Waals surface area (Å²) in [4.78, 5) is 17.4. The molecule has 9 heteroatoms. The Kier molecular flexibility index (Phi) is 5.03. The predicted molar refractivity (Wildman–Crippen MR) is 78.0 cm³/mol. The van der Waals surface area contributed by atoms with E-state index in [0.717, 1.165) is 0 Å². The number of aliphatic hydroxyl groups is 1. The molecule has 1 amide bonds. The molecule has 130 valence electrons. The van der Waals surface area contributed by atoms with Crippen LogP contribution in [0, 0.1) is 6.92 Å². The van der Waals surface area contributed by atoms with Gasteiger partial charge >= 0.3 is 6.18 Å². The summed E-state index contributed by atoms with van der Waals surface area (Å²) in [6.45, 7) is 5.43. The van der Waals surface area contributed by atoms with Gasteiger partial charge in [0.2, 0.25) is 11.5 Å². The molecule has 3 atom stereocenters. The molecule has 0 aliphatic carbocycles. The maximum Gasteiger partial charge on any atom is 0.424 e. The lowest BCUT2D eigenvalue weighted by Crippen LogP contribution is -2.52. The lowest BCUT2D eigenvalue weighted by Gasteiger charge is -2.37. The number of nitrogens with zero attached hydrogens (tertiary/aromatic N) is 2. The first-order chi connectivity index (χ1) is 10.5. The molecule has 5 nitrogen and oxygen atoms in total. The van der Waals surface area contributed by atoms with Crippen molar-refractivity contribution in [1.82, 2.24) is 9.88 Å². The van der Waals surface area contributed by atoms with Crippen LogP contribution in [0.1, 0.15) is 31.0 Å². The van der Waals surface area contributed by atoms with Crippen LogP contribution < -0.4 is 0 Å². The Morgan fingerprint density at radius 1 is 1.43 bits per heavy atom. The van der Waals surface area contributed by atoms with Crippen molar-refractivity contribution in [2.45, 2.75) is 51.2 Å². The molecule has 1 N–H and O–H groups in total. The van der Waals surface area contributed by atoms with Crippen LogP contribution in [0.5, 0.6) is 0 Å². The highest BCUT2D eigenvalue weighted by Crippen LogP contribution is 2.43. The second-order valence-corrected chi connectivity index (χ2v) is 6.74. The van der Waals surface area contributed by atoms with E-state index < -0.39 is 29.1 Å². The van der Waals surface area contributed by atoms with Crippen molar-refractivity contribution in [3.63, 3.8) is 0 Å². The Balaban J connectivity index is 2.23. The molecule has 1 aliphatic heterocycles. The minimum absolute atomic E-state index is 0.202. The molecule has 0 bridgehead atoms. The third-order valence-corrected chi connectivity index (χ3v) is 4.73. The van der Waals surface area contributed by atoms with Gasteiger partial charge in [-0.05, 0) is 20.8 Å². The quantitative estimate of drug-likeness (QED) is 0.906. The first-order valence-electron chi connectivity index (χ1n) is 7.18. The van der Waals surface area contributed by atoms with E-state index in [9.17, 15) is 23.1 Å². The van der Waals surface area contributed by atoms with Gasteiger partial charge in [0, 0.05) is 24.2 Å². The van der Waals surface area contributed by atoms with Crippen molar-refractivity contribution >= 4 is 17.2 Å². The van der Waals surface area contributed by atoms with Gasteiger partial charge in [-0.15, -0.1) is 11.3 Å². The van der Waals surface area contributed by atoms with E-state index in [-0.39, 0.29) is 25.3 Å². The zero-order valence-corrected chi connectivity index (χ0v) is 13.9. The molecule has 1 aliphatic rings. The molecule has 0 saturated carbocycles. The number of halogens is 3. The number of hydrogen-bond donors (Lipinski definition) is 1. The van der Waals surface area contributed by atoms with Crippen molar-refractivity contribution in [1.29, 1.82) is 0 Å². The monoisotopic (exact) mass is 352 g/mol. The molecule has 2 heterocycles. The normalized spacial score (nSPS) is 25.3. The Hall–Kier alpha value is -1.19. The molecule has 0 aromatic carbocycles. The van der Waals surface area contributed by atoms with Gasteiger partial charge in [-0.1, -0.05) is 0 Å². The number of thiazole rings is 1. The molecule has 0 spiro atoms. The molecule has 23 heavy (non-hydrogen) atoms. The maximum atomic E-state index is 13.4. The molecule has 3 unspecified atom stereocenters. The van der Waals surface area contributed by atoms with Gasteiger partial charge in [-0.2, -0.15) is 13.2 Å². The number of aromatic nitrogens is 1. The second-order valence-electron chi connectivity index (χ2n) is 5.88. The number of ether oxygens (including phenoxy) is 1. The van der Waals surface area contributed by atoms with Crippen LogP contribution in [0.4, 0.5) is 13.2 Å². The van der Waals surface area contributed by atoms with Crippen LogP contribution in [0.3, 0.4) is 0 Å². The van der Waals surface area contributed by atoms with Crippen LogP contribution in [0.2, 0.25) is 0 Å². The fourth-order valence-electron chi connectivity index (χ4n) is 2.55. The molecule has 1 aromatic rings. The van der Waals surface area contributed by atoms with E-state index in [2.05, 4.69) is 4.98 Å². The fraction of sp³-hybridized carbons (Fsp3) is 0.714. The number of morpholine rings is 1. The summed E-state index contributed by atoms with van der Waals surface area (Å²) in [6.07, 6.45) is -6.59. The van der Waals surface area contributed by atoms with Gasteiger partial charge in [0.1, 0.15) is 5.01 Å². The number of aryl methyl sites for hydroxylation is 1. The molecule has 0 radical (unpaired) electrons. The summed E-state index contributed by atoms with van der Waals surface area (Å²) >= 11 is 0.697. The van der Waals surface area contributed by atoms with Crippen molar-refractivity contribution in [2.24, 2.45) is 0 Å². The van der Waals surface area contributed by atoms with Gasteiger partial charge in [0.15, 0.2) is 0 Å². The van der Waals surface area contributed by atoms with Crippen LogP contribution in [0.15, 0.2) is 5.38 Å². The van der Waals surface area contributed by atoms with E-state index >= 15 is 0 Å². The van der Waals surface area contributed by atoms with Gasteiger partial charge in [0.05, 0.1) is 18.6 Å². The van der Waals surface area contributed by atoms with Gasteiger partial charge in [-0.3, -0.25) is 4.79 Å². The van der Waals surface area contributed by atoms with E-state index in [4.69, 9.17) is 4.74 Å². The van der Waals surface area contributed by atoms with E-state index in [1.165, 1.54) is 17.2 Å². The van der Waals surface area contributed by atoms with Crippen molar-refractivity contribution in [3.05, 3.63) is 16.1 Å². The predicted octanol–water partition coefficient (Wildman–Crippen LogP) is 2.23. The van der Waals surface area contributed by atoms with Crippen molar-refractivity contribution in [2.75, 3.05) is 13.1 Å². The van der Waals surface area contributed by atoms with Gasteiger partial charge in [0.25, 0.3) is 0 Å². The molecule has 1 fully saturated rings. The van der Waals surface area contributed by atoms with Gasteiger partial charge < -0.3 is 14.7 Å². The minimum Gasteiger partial charge on any atom is -0.374 e. The average Bonchev–Trinajstić information content (AvgIpc) is 2.83. The smallest absolute Gasteiger partial charge is 0.374 e. The van der Waals surface area contributed by atoms with E-state index in [1.54, 1.807) is 13.8 Å². The number of hydrogen-bond acceptors (Lipinski definition) is 5. The first-order valence-corrected chi connectivity index (χ1v) is 8.06. The van der Waals surface area contributed by atoms with Crippen LogP contribution in [-0.2, 0) is 15.1 Å².